The zero-order valence-corrected chi connectivity index (χ0v) is 14.3. The number of unbranched alkanes of at least 4 members (excludes halogenated alkanes) is 1. The van der Waals surface area contributed by atoms with E-state index in [9.17, 15) is 4.79 Å². The van der Waals surface area contributed by atoms with E-state index in [0.717, 1.165) is 24.2 Å². The van der Waals surface area contributed by atoms with Crippen molar-refractivity contribution in [1.29, 1.82) is 0 Å². The van der Waals surface area contributed by atoms with Gasteiger partial charge in [-0.25, -0.2) is 14.5 Å². The summed E-state index contributed by atoms with van der Waals surface area (Å²) in [4.78, 5) is 22.0. The SMILES string of the molecule is Cc1ccnc(-n2c(SCCCCO)nc3ccccc3c2=O)c1. The normalized spacial score (nSPS) is 11.1. The predicted octanol–water partition coefficient (Wildman–Crippen LogP) is 2.95. The van der Waals surface area contributed by atoms with Crippen LogP contribution in [0.4, 0.5) is 0 Å². The lowest BCUT2D eigenvalue weighted by molar-refractivity contribution is 0.287. The number of fused-ring (bicyclic) bond motifs is 1. The van der Waals surface area contributed by atoms with Gasteiger partial charge in [0.05, 0.1) is 10.9 Å². The highest BCUT2D eigenvalue weighted by atomic mass is 32.2. The summed E-state index contributed by atoms with van der Waals surface area (Å²) >= 11 is 1.52. The zero-order chi connectivity index (χ0) is 16.9. The Labute approximate surface area is 144 Å². The second-order valence-electron chi connectivity index (χ2n) is 5.52. The van der Waals surface area contributed by atoms with Crippen molar-refractivity contribution in [3.63, 3.8) is 0 Å². The average Bonchev–Trinajstić information content (AvgIpc) is 2.59. The van der Waals surface area contributed by atoms with Crippen LogP contribution in [0.1, 0.15) is 18.4 Å². The molecule has 0 radical (unpaired) electrons. The molecule has 0 fully saturated rings. The number of aliphatic hydroxyl groups is 1. The molecular weight excluding hydrogens is 322 g/mol. The van der Waals surface area contributed by atoms with Crippen LogP contribution in [0.2, 0.25) is 0 Å². The Morgan fingerprint density at radius 1 is 1.21 bits per heavy atom. The van der Waals surface area contributed by atoms with Crippen LogP contribution in [0.25, 0.3) is 16.7 Å². The molecule has 3 aromatic rings. The van der Waals surface area contributed by atoms with Crippen molar-refractivity contribution >= 4 is 22.7 Å². The van der Waals surface area contributed by atoms with Crippen molar-refractivity contribution in [3.8, 4) is 5.82 Å². The molecule has 2 aromatic heterocycles. The quantitative estimate of drug-likeness (QED) is 0.424. The van der Waals surface area contributed by atoms with Crippen molar-refractivity contribution in [2.75, 3.05) is 12.4 Å². The summed E-state index contributed by atoms with van der Waals surface area (Å²) < 4.78 is 1.58. The largest absolute Gasteiger partial charge is 0.396 e. The van der Waals surface area contributed by atoms with Gasteiger partial charge in [0.25, 0.3) is 5.56 Å². The number of aryl methyl sites for hydroxylation is 1. The minimum atomic E-state index is -0.108. The Kier molecular flexibility index (Phi) is 5.27. The second-order valence-corrected chi connectivity index (χ2v) is 6.58. The summed E-state index contributed by atoms with van der Waals surface area (Å²) in [6.45, 7) is 2.15. The average molecular weight is 341 g/mol. The van der Waals surface area contributed by atoms with E-state index in [1.54, 1.807) is 16.8 Å². The molecule has 3 rings (SSSR count). The Bertz CT molecular complexity index is 908. The Morgan fingerprint density at radius 2 is 2.04 bits per heavy atom. The van der Waals surface area contributed by atoms with Gasteiger partial charge in [0, 0.05) is 18.6 Å². The van der Waals surface area contributed by atoms with Crippen LogP contribution in [0.15, 0.2) is 52.5 Å². The molecule has 24 heavy (non-hydrogen) atoms. The fourth-order valence-electron chi connectivity index (χ4n) is 2.43. The fourth-order valence-corrected chi connectivity index (χ4v) is 3.43. The zero-order valence-electron chi connectivity index (χ0n) is 13.5. The molecule has 0 unspecified atom stereocenters. The third-order valence-corrected chi connectivity index (χ3v) is 4.68. The van der Waals surface area contributed by atoms with Gasteiger partial charge in [0.15, 0.2) is 5.16 Å². The van der Waals surface area contributed by atoms with Crippen LogP contribution in [0, 0.1) is 6.92 Å². The summed E-state index contributed by atoms with van der Waals surface area (Å²) in [6, 6.07) is 11.1. The molecule has 0 aliphatic heterocycles. The first-order valence-corrected chi connectivity index (χ1v) is 8.88. The van der Waals surface area contributed by atoms with Gasteiger partial charge < -0.3 is 5.11 Å². The molecule has 1 N–H and O–H groups in total. The number of hydrogen-bond donors (Lipinski definition) is 1. The van der Waals surface area contributed by atoms with Crippen LogP contribution in [0.3, 0.4) is 0 Å². The highest BCUT2D eigenvalue weighted by Crippen LogP contribution is 2.21. The number of hydrogen-bond acceptors (Lipinski definition) is 5. The van der Waals surface area contributed by atoms with Gasteiger partial charge in [-0.05, 0) is 49.6 Å². The smallest absolute Gasteiger partial charge is 0.267 e. The number of nitrogens with zero attached hydrogens (tertiary/aromatic N) is 3. The van der Waals surface area contributed by atoms with Crippen LogP contribution < -0.4 is 5.56 Å². The van der Waals surface area contributed by atoms with Crippen molar-refractivity contribution in [3.05, 3.63) is 58.5 Å². The molecule has 0 spiro atoms. The molecular formula is C18H19N3O2S. The summed E-state index contributed by atoms with van der Waals surface area (Å²) in [5.41, 5.74) is 1.62. The molecule has 5 nitrogen and oxygen atoms in total. The molecule has 0 aliphatic rings. The van der Waals surface area contributed by atoms with E-state index in [1.807, 2.05) is 37.3 Å². The molecule has 0 atom stereocenters. The van der Waals surface area contributed by atoms with Crippen LogP contribution in [0.5, 0.6) is 0 Å². The number of benzene rings is 1. The topological polar surface area (TPSA) is 68.0 Å². The van der Waals surface area contributed by atoms with E-state index in [4.69, 9.17) is 5.11 Å². The van der Waals surface area contributed by atoms with Gasteiger partial charge in [0.2, 0.25) is 0 Å². The van der Waals surface area contributed by atoms with Gasteiger partial charge in [-0.1, -0.05) is 23.9 Å². The Balaban J connectivity index is 2.12. The Hall–Kier alpha value is -2.18. The third kappa shape index (κ3) is 3.49. The minimum Gasteiger partial charge on any atom is -0.396 e. The molecule has 0 aliphatic carbocycles. The van der Waals surface area contributed by atoms with E-state index >= 15 is 0 Å². The second kappa shape index (κ2) is 7.59. The molecule has 0 saturated carbocycles. The van der Waals surface area contributed by atoms with Gasteiger partial charge >= 0.3 is 0 Å². The monoisotopic (exact) mass is 341 g/mol. The van der Waals surface area contributed by atoms with Crippen molar-refractivity contribution < 1.29 is 5.11 Å². The van der Waals surface area contributed by atoms with Crippen molar-refractivity contribution in [1.82, 2.24) is 14.5 Å². The third-order valence-electron chi connectivity index (χ3n) is 3.66. The first-order valence-electron chi connectivity index (χ1n) is 7.89. The van der Waals surface area contributed by atoms with Gasteiger partial charge in [-0.15, -0.1) is 0 Å². The minimum absolute atomic E-state index is 0.108. The number of rotatable bonds is 6. The lowest BCUT2D eigenvalue weighted by Gasteiger charge is -2.12. The summed E-state index contributed by atoms with van der Waals surface area (Å²) in [5.74, 6) is 1.37. The van der Waals surface area contributed by atoms with E-state index in [-0.39, 0.29) is 12.2 Å². The molecule has 0 saturated heterocycles. The van der Waals surface area contributed by atoms with Gasteiger partial charge in [0.1, 0.15) is 5.82 Å². The molecule has 2 heterocycles. The number of aromatic nitrogens is 3. The highest BCUT2D eigenvalue weighted by molar-refractivity contribution is 7.99. The lowest BCUT2D eigenvalue weighted by Crippen LogP contribution is -2.22. The molecule has 0 bridgehead atoms. The van der Waals surface area contributed by atoms with Crippen LogP contribution >= 0.6 is 11.8 Å². The maximum absolute atomic E-state index is 13.0. The van der Waals surface area contributed by atoms with E-state index in [1.165, 1.54) is 11.8 Å². The maximum atomic E-state index is 13.0. The number of thioether (sulfide) groups is 1. The van der Waals surface area contributed by atoms with E-state index < -0.39 is 0 Å². The molecule has 0 amide bonds. The lowest BCUT2D eigenvalue weighted by atomic mass is 10.2. The summed E-state index contributed by atoms with van der Waals surface area (Å²) in [5, 5.41) is 10.1. The summed E-state index contributed by atoms with van der Waals surface area (Å²) in [6.07, 6.45) is 3.31. The van der Waals surface area contributed by atoms with Gasteiger partial charge in [-0.3, -0.25) is 4.79 Å². The van der Waals surface area contributed by atoms with Crippen LogP contribution in [-0.4, -0.2) is 32.0 Å². The van der Waals surface area contributed by atoms with Crippen molar-refractivity contribution in [2.24, 2.45) is 0 Å². The first kappa shape index (κ1) is 16.7. The van der Waals surface area contributed by atoms with Crippen LogP contribution in [-0.2, 0) is 0 Å². The predicted molar refractivity (Wildman–Crippen MR) is 96.9 cm³/mol. The first-order chi connectivity index (χ1) is 11.7. The number of para-hydroxylation sites is 1. The standard InChI is InChI=1S/C18H19N3O2S/c1-13-8-9-19-16(12-13)21-17(23)14-6-2-3-7-15(14)20-18(21)24-11-5-4-10-22/h2-3,6-9,12,22H,4-5,10-11H2,1H3. The number of aliphatic hydroxyl groups excluding tert-OH is 1. The van der Waals surface area contributed by atoms with E-state index in [0.29, 0.717) is 21.9 Å². The molecule has 124 valence electrons. The van der Waals surface area contributed by atoms with E-state index in [2.05, 4.69) is 9.97 Å². The van der Waals surface area contributed by atoms with Gasteiger partial charge in [-0.2, -0.15) is 0 Å². The fraction of sp³-hybridized carbons (Fsp3) is 0.278. The van der Waals surface area contributed by atoms with Crippen molar-refractivity contribution in [2.45, 2.75) is 24.9 Å². The molecule has 1 aromatic carbocycles. The molecule has 6 heteroatoms. The highest BCUT2D eigenvalue weighted by Gasteiger charge is 2.14. The maximum Gasteiger partial charge on any atom is 0.267 e. The summed E-state index contributed by atoms with van der Waals surface area (Å²) in [7, 11) is 0. The Morgan fingerprint density at radius 3 is 2.83 bits per heavy atom. The number of pyridine rings is 1.